The van der Waals surface area contributed by atoms with Crippen LogP contribution in [0.2, 0.25) is 0 Å². The van der Waals surface area contributed by atoms with E-state index < -0.39 is 0 Å². The maximum Gasteiger partial charge on any atom is 0.0674 e. The van der Waals surface area contributed by atoms with Gasteiger partial charge in [0, 0.05) is 19.1 Å². The highest BCUT2D eigenvalue weighted by Gasteiger charge is 2.25. The molecule has 2 heteroatoms. The van der Waals surface area contributed by atoms with Crippen LogP contribution in [0.15, 0.2) is 0 Å². The van der Waals surface area contributed by atoms with E-state index in [2.05, 4.69) is 11.8 Å². The number of nitrogens with zero attached hydrogens (tertiary/aromatic N) is 1. The lowest BCUT2D eigenvalue weighted by molar-refractivity contribution is -0.0392. The first kappa shape index (κ1) is 9.47. The molecule has 0 bridgehead atoms. The standard InChI is InChI=1S/C11H21NO/c1-10-9-12(7-8-13-10)11-5-3-2-4-6-11/h10-11H,2-9H2,1H3/t10-/m1/s1. The van der Waals surface area contributed by atoms with Crippen LogP contribution in [0, 0.1) is 0 Å². The van der Waals surface area contributed by atoms with Crippen molar-refractivity contribution in [2.45, 2.75) is 51.2 Å². The van der Waals surface area contributed by atoms with Crippen molar-refractivity contribution in [2.24, 2.45) is 0 Å². The number of morpholine rings is 1. The minimum atomic E-state index is 0.454. The molecule has 0 aromatic heterocycles. The van der Waals surface area contributed by atoms with E-state index in [1.54, 1.807) is 0 Å². The Morgan fingerprint density at radius 1 is 1.15 bits per heavy atom. The molecule has 2 fully saturated rings. The monoisotopic (exact) mass is 183 g/mol. The Labute approximate surface area is 81.3 Å². The Morgan fingerprint density at radius 3 is 2.62 bits per heavy atom. The lowest BCUT2D eigenvalue weighted by Gasteiger charge is -2.39. The van der Waals surface area contributed by atoms with Crippen LogP contribution in [0.3, 0.4) is 0 Å². The van der Waals surface area contributed by atoms with Gasteiger partial charge in [0.05, 0.1) is 12.7 Å². The van der Waals surface area contributed by atoms with Gasteiger partial charge in [-0.15, -0.1) is 0 Å². The molecule has 0 spiro atoms. The van der Waals surface area contributed by atoms with Gasteiger partial charge in [0.1, 0.15) is 0 Å². The van der Waals surface area contributed by atoms with Crippen molar-refractivity contribution in [3.05, 3.63) is 0 Å². The summed E-state index contributed by atoms with van der Waals surface area (Å²) in [6.07, 6.45) is 7.64. The van der Waals surface area contributed by atoms with E-state index in [1.807, 2.05) is 0 Å². The van der Waals surface area contributed by atoms with Crippen molar-refractivity contribution in [1.82, 2.24) is 4.90 Å². The molecule has 0 aromatic carbocycles. The van der Waals surface area contributed by atoms with Crippen molar-refractivity contribution in [1.29, 1.82) is 0 Å². The fourth-order valence-electron chi connectivity index (χ4n) is 2.62. The van der Waals surface area contributed by atoms with E-state index in [0.717, 1.165) is 25.7 Å². The molecule has 13 heavy (non-hydrogen) atoms. The molecule has 2 aliphatic rings. The van der Waals surface area contributed by atoms with Gasteiger partial charge in [-0.25, -0.2) is 0 Å². The fraction of sp³-hybridized carbons (Fsp3) is 1.00. The largest absolute Gasteiger partial charge is 0.376 e. The molecule has 0 amide bonds. The smallest absolute Gasteiger partial charge is 0.0674 e. The molecule has 76 valence electrons. The molecular weight excluding hydrogens is 162 g/mol. The molecule has 1 aliphatic heterocycles. The van der Waals surface area contributed by atoms with Gasteiger partial charge < -0.3 is 4.74 Å². The predicted molar refractivity (Wildman–Crippen MR) is 53.9 cm³/mol. The average molecular weight is 183 g/mol. The Bertz CT molecular complexity index is 154. The number of hydrogen-bond donors (Lipinski definition) is 0. The van der Waals surface area contributed by atoms with E-state index in [9.17, 15) is 0 Å². The maximum atomic E-state index is 5.56. The predicted octanol–water partition coefficient (Wildman–Crippen LogP) is 2.04. The summed E-state index contributed by atoms with van der Waals surface area (Å²) in [6.45, 7) is 5.45. The molecule has 1 saturated carbocycles. The molecule has 1 heterocycles. The van der Waals surface area contributed by atoms with Gasteiger partial charge in [0.25, 0.3) is 0 Å². The Balaban J connectivity index is 1.83. The molecular formula is C11H21NO. The van der Waals surface area contributed by atoms with Crippen molar-refractivity contribution in [3.63, 3.8) is 0 Å². The first-order valence-electron chi connectivity index (χ1n) is 5.72. The Morgan fingerprint density at radius 2 is 1.92 bits per heavy atom. The molecule has 0 N–H and O–H groups in total. The third-order valence-corrected chi connectivity index (χ3v) is 3.36. The van der Waals surface area contributed by atoms with Crippen LogP contribution in [0.1, 0.15) is 39.0 Å². The highest BCUT2D eigenvalue weighted by atomic mass is 16.5. The van der Waals surface area contributed by atoms with Crippen LogP contribution in [0.25, 0.3) is 0 Å². The SMILES string of the molecule is C[C@@H]1CN(C2CCCCC2)CCO1. The topological polar surface area (TPSA) is 12.5 Å². The van der Waals surface area contributed by atoms with E-state index in [4.69, 9.17) is 4.74 Å². The molecule has 1 atom stereocenters. The quantitative estimate of drug-likeness (QED) is 0.617. The highest BCUT2D eigenvalue weighted by molar-refractivity contribution is 4.79. The Kier molecular flexibility index (Phi) is 3.23. The van der Waals surface area contributed by atoms with Gasteiger partial charge in [0.2, 0.25) is 0 Å². The molecule has 2 nitrogen and oxygen atoms in total. The van der Waals surface area contributed by atoms with Crippen molar-refractivity contribution < 1.29 is 4.74 Å². The first-order chi connectivity index (χ1) is 6.36. The zero-order valence-corrected chi connectivity index (χ0v) is 8.67. The van der Waals surface area contributed by atoms with Crippen molar-refractivity contribution in [2.75, 3.05) is 19.7 Å². The Hall–Kier alpha value is -0.0800. The van der Waals surface area contributed by atoms with E-state index >= 15 is 0 Å². The summed E-state index contributed by atoms with van der Waals surface area (Å²) in [5.74, 6) is 0. The summed E-state index contributed by atoms with van der Waals surface area (Å²) in [7, 11) is 0. The summed E-state index contributed by atoms with van der Waals surface area (Å²) >= 11 is 0. The summed E-state index contributed by atoms with van der Waals surface area (Å²) in [6, 6.07) is 0.875. The summed E-state index contributed by atoms with van der Waals surface area (Å²) in [4.78, 5) is 2.65. The first-order valence-corrected chi connectivity index (χ1v) is 5.72. The lowest BCUT2D eigenvalue weighted by atomic mass is 9.94. The van der Waals surface area contributed by atoms with Crippen LogP contribution in [-0.4, -0.2) is 36.7 Å². The van der Waals surface area contributed by atoms with Gasteiger partial charge >= 0.3 is 0 Å². The van der Waals surface area contributed by atoms with E-state index in [1.165, 1.54) is 32.1 Å². The van der Waals surface area contributed by atoms with Crippen LogP contribution in [-0.2, 0) is 4.74 Å². The summed E-state index contributed by atoms with van der Waals surface area (Å²) in [5.41, 5.74) is 0. The number of hydrogen-bond acceptors (Lipinski definition) is 2. The normalized spacial score (nSPS) is 33.5. The van der Waals surface area contributed by atoms with Crippen LogP contribution in [0.4, 0.5) is 0 Å². The van der Waals surface area contributed by atoms with Gasteiger partial charge in [0.15, 0.2) is 0 Å². The zero-order chi connectivity index (χ0) is 9.10. The van der Waals surface area contributed by atoms with E-state index in [-0.39, 0.29) is 0 Å². The summed E-state index contributed by atoms with van der Waals surface area (Å²) in [5, 5.41) is 0. The molecule has 1 saturated heterocycles. The maximum absolute atomic E-state index is 5.56. The molecule has 0 unspecified atom stereocenters. The third-order valence-electron chi connectivity index (χ3n) is 3.36. The lowest BCUT2D eigenvalue weighted by Crippen LogP contribution is -2.47. The number of rotatable bonds is 1. The van der Waals surface area contributed by atoms with Crippen LogP contribution < -0.4 is 0 Å². The van der Waals surface area contributed by atoms with Crippen molar-refractivity contribution >= 4 is 0 Å². The second-order valence-electron chi connectivity index (χ2n) is 4.47. The minimum absolute atomic E-state index is 0.454. The molecule has 0 radical (unpaired) electrons. The molecule has 2 rings (SSSR count). The van der Waals surface area contributed by atoms with Gasteiger partial charge in [-0.2, -0.15) is 0 Å². The third kappa shape index (κ3) is 2.44. The second kappa shape index (κ2) is 4.43. The zero-order valence-electron chi connectivity index (χ0n) is 8.67. The van der Waals surface area contributed by atoms with E-state index in [0.29, 0.717) is 6.10 Å². The minimum Gasteiger partial charge on any atom is -0.376 e. The van der Waals surface area contributed by atoms with Gasteiger partial charge in [-0.05, 0) is 19.8 Å². The second-order valence-corrected chi connectivity index (χ2v) is 4.47. The average Bonchev–Trinajstić information content (AvgIpc) is 2.19. The highest BCUT2D eigenvalue weighted by Crippen LogP contribution is 2.23. The molecule has 1 aliphatic carbocycles. The van der Waals surface area contributed by atoms with Gasteiger partial charge in [-0.3, -0.25) is 4.90 Å². The fourth-order valence-corrected chi connectivity index (χ4v) is 2.62. The van der Waals surface area contributed by atoms with Crippen LogP contribution in [0.5, 0.6) is 0 Å². The van der Waals surface area contributed by atoms with Gasteiger partial charge in [-0.1, -0.05) is 19.3 Å². The van der Waals surface area contributed by atoms with Crippen molar-refractivity contribution in [3.8, 4) is 0 Å². The number of ether oxygens (including phenoxy) is 1. The molecule has 0 aromatic rings. The summed E-state index contributed by atoms with van der Waals surface area (Å²) < 4.78 is 5.56. The van der Waals surface area contributed by atoms with Crippen LogP contribution >= 0.6 is 0 Å².